The van der Waals surface area contributed by atoms with Gasteiger partial charge in [-0.25, -0.2) is 4.98 Å². The fourth-order valence-corrected chi connectivity index (χ4v) is 3.61. The van der Waals surface area contributed by atoms with Gasteiger partial charge in [-0.2, -0.15) is 5.26 Å². The maximum Gasteiger partial charge on any atom is 0.215 e. The van der Waals surface area contributed by atoms with Gasteiger partial charge in [0.25, 0.3) is 0 Å². The molecule has 4 atom stereocenters. The van der Waals surface area contributed by atoms with Crippen LogP contribution < -0.4 is 4.74 Å². The van der Waals surface area contributed by atoms with Crippen LogP contribution in [0.2, 0.25) is 0 Å². The molecule has 2 aromatic rings. The average Bonchev–Trinajstić information content (AvgIpc) is 2.68. The molecule has 0 unspecified atom stereocenters. The number of nitrogens with zero attached hydrogens (tertiary/aromatic N) is 2. The van der Waals surface area contributed by atoms with Crippen molar-refractivity contribution in [3.63, 3.8) is 0 Å². The summed E-state index contributed by atoms with van der Waals surface area (Å²) in [7, 11) is 0. The highest BCUT2D eigenvalue weighted by Gasteiger charge is 2.39. The van der Waals surface area contributed by atoms with E-state index in [9.17, 15) is 20.1 Å². The molecule has 134 valence electrons. The zero-order chi connectivity index (χ0) is 18.7. The fourth-order valence-electron chi connectivity index (χ4n) is 2.50. The van der Waals surface area contributed by atoms with Crippen molar-refractivity contribution in [2.75, 3.05) is 5.75 Å². The smallest absolute Gasteiger partial charge is 0.215 e. The molecule has 7 nitrogen and oxygen atoms in total. The van der Waals surface area contributed by atoms with E-state index in [0.29, 0.717) is 11.1 Å². The Balaban J connectivity index is 1.84. The van der Waals surface area contributed by atoms with Crippen molar-refractivity contribution in [3.05, 3.63) is 59.4 Å². The third kappa shape index (κ3) is 3.71. The number of benzene rings is 1. The first kappa shape index (κ1) is 18.4. The molecule has 2 heterocycles. The van der Waals surface area contributed by atoms with E-state index in [2.05, 4.69) is 4.98 Å². The van der Waals surface area contributed by atoms with Gasteiger partial charge in [0.2, 0.25) is 5.78 Å². The monoisotopic (exact) mass is 372 g/mol. The standard InChI is InChI=1S/C18H16N2O5S/c19-8-10-3-5-11(6-4-10)15(22)14-13(2-1-7-20-14)25-18-17(24)16(23)12(21)9-26-18/h1-7,12,16-18,21,23-24H,9H2/t12-,16+,17-,18-/m1/s1. The van der Waals surface area contributed by atoms with Gasteiger partial charge in [0.05, 0.1) is 17.7 Å². The van der Waals surface area contributed by atoms with Crippen LogP contribution in [0.25, 0.3) is 0 Å². The number of ketones is 1. The lowest BCUT2D eigenvalue weighted by Crippen LogP contribution is -2.50. The van der Waals surface area contributed by atoms with Gasteiger partial charge in [0, 0.05) is 17.5 Å². The molecule has 0 spiro atoms. The quantitative estimate of drug-likeness (QED) is 0.671. The molecule has 1 saturated heterocycles. The van der Waals surface area contributed by atoms with Crippen molar-refractivity contribution in [3.8, 4) is 11.8 Å². The zero-order valence-electron chi connectivity index (χ0n) is 13.5. The average molecular weight is 372 g/mol. The number of hydrogen-bond acceptors (Lipinski definition) is 8. The van der Waals surface area contributed by atoms with Gasteiger partial charge in [-0.1, -0.05) is 0 Å². The summed E-state index contributed by atoms with van der Waals surface area (Å²) in [6, 6.07) is 11.3. The minimum absolute atomic E-state index is 0.0608. The molecule has 0 amide bonds. The molecule has 26 heavy (non-hydrogen) atoms. The van der Waals surface area contributed by atoms with Crippen LogP contribution in [0.5, 0.6) is 5.75 Å². The molecule has 1 aromatic heterocycles. The molecule has 1 fully saturated rings. The predicted molar refractivity (Wildman–Crippen MR) is 93.7 cm³/mol. The van der Waals surface area contributed by atoms with Crippen molar-refractivity contribution in [2.45, 2.75) is 23.7 Å². The van der Waals surface area contributed by atoms with E-state index in [-0.39, 0.29) is 23.0 Å². The van der Waals surface area contributed by atoms with Crippen LogP contribution in [0.1, 0.15) is 21.6 Å². The van der Waals surface area contributed by atoms with E-state index in [1.54, 1.807) is 12.1 Å². The highest BCUT2D eigenvalue weighted by atomic mass is 32.2. The maximum atomic E-state index is 12.7. The number of rotatable bonds is 4. The Morgan fingerprint density at radius 2 is 1.92 bits per heavy atom. The van der Waals surface area contributed by atoms with Crippen LogP contribution in [0.4, 0.5) is 0 Å². The Morgan fingerprint density at radius 1 is 1.19 bits per heavy atom. The predicted octanol–water partition coefficient (Wildman–Crippen LogP) is 0.719. The maximum absolute atomic E-state index is 12.7. The van der Waals surface area contributed by atoms with Gasteiger partial charge >= 0.3 is 0 Å². The summed E-state index contributed by atoms with van der Waals surface area (Å²) in [6.45, 7) is 0. The molecule has 0 aliphatic carbocycles. The largest absolute Gasteiger partial charge is 0.475 e. The number of carbonyl (C=O) groups excluding carboxylic acids is 1. The second-order valence-corrected chi connectivity index (χ2v) is 6.87. The van der Waals surface area contributed by atoms with Crippen LogP contribution in [0.3, 0.4) is 0 Å². The number of carbonyl (C=O) groups is 1. The van der Waals surface area contributed by atoms with Crippen molar-refractivity contribution >= 4 is 17.5 Å². The lowest BCUT2D eigenvalue weighted by molar-refractivity contribution is -0.0787. The SMILES string of the molecule is N#Cc1ccc(C(=O)c2ncccc2O[C@@H]2SC[C@@H](O)[C@H](O)[C@H]2O)cc1. The molecule has 1 aromatic carbocycles. The Hall–Kier alpha value is -2.44. The van der Waals surface area contributed by atoms with Crippen LogP contribution in [-0.4, -0.2) is 55.6 Å². The molecular weight excluding hydrogens is 356 g/mol. The van der Waals surface area contributed by atoms with Gasteiger partial charge in [0.1, 0.15) is 12.2 Å². The van der Waals surface area contributed by atoms with E-state index < -0.39 is 23.7 Å². The first-order valence-corrected chi connectivity index (χ1v) is 8.88. The molecule has 0 saturated carbocycles. The number of pyridine rings is 1. The molecule has 8 heteroatoms. The number of hydrogen-bond donors (Lipinski definition) is 3. The van der Waals surface area contributed by atoms with Crippen molar-refractivity contribution in [1.29, 1.82) is 5.26 Å². The van der Waals surface area contributed by atoms with Gasteiger partial charge < -0.3 is 20.1 Å². The topological polar surface area (TPSA) is 124 Å². The molecule has 1 aliphatic heterocycles. The summed E-state index contributed by atoms with van der Waals surface area (Å²) in [6.07, 6.45) is -2.21. The Labute approximate surface area is 153 Å². The summed E-state index contributed by atoms with van der Waals surface area (Å²) in [4.78, 5) is 16.8. The first-order chi connectivity index (χ1) is 12.5. The lowest BCUT2D eigenvalue weighted by Gasteiger charge is -2.34. The Kier molecular flexibility index (Phi) is 5.54. The van der Waals surface area contributed by atoms with E-state index in [1.165, 1.54) is 30.5 Å². The van der Waals surface area contributed by atoms with Crippen molar-refractivity contribution < 1.29 is 24.9 Å². The molecular formula is C18H16N2O5S. The summed E-state index contributed by atoms with van der Waals surface area (Å²) < 4.78 is 5.71. The van der Waals surface area contributed by atoms with Gasteiger partial charge in [0.15, 0.2) is 16.9 Å². The fraction of sp³-hybridized carbons (Fsp3) is 0.278. The summed E-state index contributed by atoms with van der Waals surface area (Å²) >= 11 is 1.14. The van der Waals surface area contributed by atoms with E-state index >= 15 is 0 Å². The lowest BCUT2D eigenvalue weighted by atomic mass is 10.1. The molecule has 0 bridgehead atoms. The van der Waals surface area contributed by atoms with E-state index in [0.717, 1.165) is 11.8 Å². The summed E-state index contributed by atoms with van der Waals surface area (Å²) in [5, 5.41) is 38.3. The van der Waals surface area contributed by atoms with Crippen LogP contribution >= 0.6 is 11.8 Å². The number of aliphatic hydroxyl groups is 3. The molecule has 3 rings (SSSR count). The van der Waals surface area contributed by atoms with Gasteiger partial charge in [-0.15, -0.1) is 11.8 Å². The molecule has 3 N–H and O–H groups in total. The first-order valence-electron chi connectivity index (χ1n) is 7.83. The number of aliphatic hydroxyl groups excluding tert-OH is 3. The number of ether oxygens (including phenoxy) is 1. The van der Waals surface area contributed by atoms with Crippen LogP contribution in [0, 0.1) is 11.3 Å². The van der Waals surface area contributed by atoms with E-state index in [4.69, 9.17) is 10.00 Å². The second-order valence-electron chi connectivity index (χ2n) is 5.74. The van der Waals surface area contributed by atoms with Crippen LogP contribution in [0.15, 0.2) is 42.6 Å². The molecule has 1 aliphatic rings. The third-order valence-corrected chi connectivity index (χ3v) is 5.20. The van der Waals surface area contributed by atoms with Gasteiger partial charge in [-0.05, 0) is 36.4 Å². The summed E-state index contributed by atoms with van der Waals surface area (Å²) in [5.41, 5.74) is 0.00362. The minimum atomic E-state index is -1.32. The second kappa shape index (κ2) is 7.85. The van der Waals surface area contributed by atoms with Gasteiger partial charge in [-0.3, -0.25) is 4.79 Å². The Bertz CT molecular complexity index is 836. The Morgan fingerprint density at radius 3 is 2.62 bits per heavy atom. The number of nitriles is 1. The van der Waals surface area contributed by atoms with E-state index in [1.807, 2.05) is 6.07 Å². The highest BCUT2D eigenvalue weighted by Crippen LogP contribution is 2.30. The normalized spacial score (nSPS) is 25.3. The van der Waals surface area contributed by atoms with Crippen molar-refractivity contribution in [2.24, 2.45) is 0 Å². The summed E-state index contributed by atoms with van der Waals surface area (Å²) in [5.74, 6) is -0.0230. The third-order valence-electron chi connectivity index (χ3n) is 3.96. The number of thioether (sulfide) groups is 1. The van der Waals surface area contributed by atoms with Crippen molar-refractivity contribution in [1.82, 2.24) is 4.98 Å². The minimum Gasteiger partial charge on any atom is -0.475 e. The molecule has 0 radical (unpaired) electrons. The van der Waals surface area contributed by atoms with Crippen LogP contribution in [-0.2, 0) is 0 Å². The highest BCUT2D eigenvalue weighted by molar-refractivity contribution is 7.99. The zero-order valence-corrected chi connectivity index (χ0v) is 14.3. The number of aromatic nitrogens is 1.